The molecule has 0 aliphatic heterocycles. The number of carbonyl (C=O) groups is 1. The van der Waals surface area contributed by atoms with Gasteiger partial charge in [-0.05, 0) is 12.8 Å². The molecule has 2 atom stereocenters. The highest BCUT2D eigenvalue weighted by Gasteiger charge is 2.27. The van der Waals surface area contributed by atoms with Gasteiger partial charge in [-0.3, -0.25) is 4.79 Å². The fraction of sp³-hybridized carbons (Fsp3) is 0.778. The maximum absolute atomic E-state index is 11.4. The average Bonchev–Trinajstić information content (AvgIpc) is 2.15. The summed E-state index contributed by atoms with van der Waals surface area (Å²) >= 11 is 0. The van der Waals surface area contributed by atoms with Gasteiger partial charge in [0.1, 0.15) is 6.54 Å². The van der Waals surface area contributed by atoms with Gasteiger partial charge in [0.25, 0.3) is 0 Å². The molecule has 0 heterocycles. The smallest absolute Gasteiger partial charge is 0.225 e. The Hall–Kier alpha value is -1.08. The third-order valence-electron chi connectivity index (χ3n) is 2.50. The number of rotatable bonds is 2. The molecular formula is C9H15N3O. The molecule has 0 bridgehead atoms. The van der Waals surface area contributed by atoms with Gasteiger partial charge in [-0.15, -0.1) is 0 Å². The van der Waals surface area contributed by atoms with Crippen molar-refractivity contribution in [3.05, 3.63) is 0 Å². The van der Waals surface area contributed by atoms with E-state index in [1.54, 1.807) is 0 Å². The normalized spacial score (nSPS) is 27.7. The van der Waals surface area contributed by atoms with Crippen molar-refractivity contribution in [2.24, 2.45) is 11.7 Å². The summed E-state index contributed by atoms with van der Waals surface area (Å²) in [5.74, 6) is -0.143. The van der Waals surface area contributed by atoms with Crippen molar-refractivity contribution < 1.29 is 4.79 Å². The Kier molecular flexibility index (Phi) is 3.71. The highest BCUT2D eigenvalue weighted by Crippen LogP contribution is 2.22. The molecule has 0 aromatic rings. The van der Waals surface area contributed by atoms with Gasteiger partial charge in [-0.2, -0.15) is 5.26 Å². The van der Waals surface area contributed by atoms with Crippen LogP contribution in [0.2, 0.25) is 0 Å². The number of hydrogen-bond acceptors (Lipinski definition) is 3. The van der Waals surface area contributed by atoms with Crippen LogP contribution in [0.25, 0.3) is 0 Å². The fourth-order valence-electron chi connectivity index (χ4n) is 1.74. The molecule has 0 radical (unpaired) electrons. The van der Waals surface area contributed by atoms with Gasteiger partial charge in [0.2, 0.25) is 5.91 Å². The molecule has 4 heteroatoms. The van der Waals surface area contributed by atoms with Crippen molar-refractivity contribution in [1.29, 1.82) is 5.26 Å². The zero-order valence-corrected chi connectivity index (χ0v) is 7.62. The molecule has 0 aromatic carbocycles. The standard InChI is InChI=1S/C9H15N3O/c10-5-6-12-9(13)7-3-1-2-4-8(7)11/h7-8H,1-4,6,11H2,(H,12,13)/t7-,8+/m1/s1. The van der Waals surface area contributed by atoms with E-state index in [2.05, 4.69) is 5.32 Å². The van der Waals surface area contributed by atoms with Gasteiger partial charge in [0.15, 0.2) is 0 Å². The minimum absolute atomic E-state index is 0.0209. The third-order valence-corrected chi connectivity index (χ3v) is 2.50. The van der Waals surface area contributed by atoms with E-state index in [0.717, 1.165) is 25.7 Å². The van der Waals surface area contributed by atoms with Crippen molar-refractivity contribution in [1.82, 2.24) is 5.32 Å². The maximum Gasteiger partial charge on any atom is 0.225 e. The Bertz CT molecular complexity index is 221. The quantitative estimate of drug-likeness (QED) is 0.595. The van der Waals surface area contributed by atoms with Crippen molar-refractivity contribution >= 4 is 5.91 Å². The summed E-state index contributed by atoms with van der Waals surface area (Å²) in [4.78, 5) is 11.4. The van der Waals surface area contributed by atoms with Crippen LogP contribution in [-0.2, 0) is 4.79 Å². The number of nitrogens with one attached hydrogen (secondary N) is 1. The molecule has 1 aliphatic rings. The lowest BCUT2D eigenvalue weighted by Crippen LogP contribution is -2.43. The lowest BCUT2D eigenvalue weighted by molar-refractivity contribution is -0.126. The predicted octanol–water partition coefficient (Wildman–Crippen LogP) is 0.144. The second-order valence-electron chi connectivity index (χ2n) is 3.43. The van der Waals surface area contributed by atoms with Gasteiger partial charge in [-0.1, -0.05) is 12.8 Å². The molecule has 4 nitrogen and oxygen atoms in total. The van der Waals surface area contributed by atoms with Gasteiger partial charge >= 0.3 is 0 Å². The van der Waals surface area contributed by atoms with Crippen LogP contribution in [0.5, 0.6) is 0 Å². The Morgan fingerprint density at radius 3 is 2.85 bits per heavy atom. The zero-order valence-electron chi connectivity index (χ0n) is 7.62. The van der Waals surface area contributed by atoms with Crippen LogP contribution in [0.15, 0.2) is 0 Å². The monoisotopic (exact) mass is 181 g/mol. The van der Waals surface area contributed by atoms with E-state index in [4.69, 9.17) is 11.0 Å². The minimum Gasteiger partial charge on any atom is -0.343 e. The van der Waals surface area contributed by atoms with Crippen LogP contribution >= 0.6 is 0 Å². The van der Waals surface area contributed by atoms with E-state index < -0.39 is 0 Å². The molecule has 0 unspecified atom stereocenters. The SMILES string of the molecule is N#CCNC(=O)[C@@H]1CCCC[C@@H]1N. The molecule has 1 saturated carbocycles. The van der Waals surface area contributed by atoms with Gasteiger partial charge in [0.05, 0.1) is 12.0 Å². The van der Waals surface area contributed by atoms with E-state index >= 15 is 0 Å². The summed E-state index contributed by atoms with van der Waals surface area (Å²) in [5.41, 5.74) is 5.81. The second kappa shape index (κ2) is 4.83. The second-order valence-corrected chi connectivity index (χ2v) is 3.43. The maximum atomic E-state index is 11.4. The summed E-state index contributed by atoms with van der Waals surface area (Å²) in [6.45, 7) is 0.0854. The van der Waals surface area contributed by atoms with Crippen molar-refractivity contribution in [2.75, 3.05) is 6.54 Å². The van der Waals surface area contributed by atoms with Crippen LogP contribution in [0.4, 0.5) is 0 Å². The molecular weight excluding hydrogens is 166 g/mol. The average molecular weight is 181 g/mol. The van der Waals surface area contributed by atoms with Gasteiger partial charge < -0.3 is 11.1 Å². The number of amides is 1. The van der Waals surface area contributed by atoms with Crippen molar-refractivity contribution in [2.45, 2.75) is 31.7 Å². The largest absolute Gasteiger partial charge is 0.343 e. The summed E-state index contributed by atoms with van der Waals surface area (Å²) < 4.78 is 0. The van der Waals surface area contributed by atoms with E-state index in [1.807, 2.05) is 6.07 Å². The Morgan fingerprint density at radius 2 is 2.23 bits per heavy atom. The number of nitriles is 1. The predicted molar refractivity (Wildman–Crippen MR) is 48.6 cm³/mol. The Balaban J connectivity index is 2.40. The summed E-state index contributed by atoms with van der Waals surface area (Å²) in [6.07, 6.45) is 3.96. The van der Waals surface area contributed by atoms with E-state index in [0.29, 0.717) is 0 Å². The number of carbonyl (C=O) groups excluding carboxylic acids is 1. The summed E-state index contributed by atoms with van der Waals surface area (Å²) in [7, 11) is 0. The molecule has 1 aliphatic carbocycles. The highest BCUT2D eigenvalue weighted by molar-refractivity contribution is 5.79. The zero-order chi connectivity index (χ0) is 9.68. The fourth-order valence-corrected chi connectivity index (χ4v) is 1.74. The number of hydrogen-bond donors (Lipinski definition) is 2. The lowest BCUT2D eigenvalue weighted by atomic mass is 9.84. The lowest BCUT2D eigenvalue weighted by Gasteiger charge is -2.26. The number of nitrogens with zero attached hydrogens (tertiary/aromatic N) is 1. The summed E-state index contributed by atoms with van der Waals surface area (Å²) in [6, 6.07) is 1.86. The first-order chi connectivity index (χ1) is 6.25. The van der Waals surface area contributed by atoms with Crippen LogP contribution in [0, 0.1) is 17.2 Å². The molecule has 13 heavy (non-hydrogen) atoms. The van der Waals surface area contributed by atoms with Crippen molar-refractivity contribution in [3.8, 4) is 6.07 Å². The first-order valence-corrected chi connectivity index (χ1v) is 4.66. The molecule has 0 spiro atoms. The molecule has 1 rings (SSSR count). The van der Waals surface area contributed by atoms with E-state index in [-0.39, 0.29) is 24.4 Å². The first kappa shape index (κ1) is 10.0. The van der Waals surface area contributed by atoms with Gasteiger partial charge in [-0.25, -0.2) is 0 Å². The third kappa shape index (κ3) is 2.71. The summed E-state index contributed by atoms with van der Waals surface area (Å²) in [5, 5.41) is 10.8. The minimum atomic E-state index is -0.0814. The topological polar surface area (TPSA) is 78.9 Å². The van der Waals surface area contributed by atoms with Gasteiger partial charge in [0, 0.05) is 6.04 Å². The van der Waals surface area contributed by atoms with Crippen LogP contribution < -0.4 is 11.1 Å². The first-order valence-electron chi connectivity index (χ1n) is 4.66. The van der Waals surface area contributed by atoms with Crippen molar-refractivity contribution in [3.63, 3.8) is 0 Å². The molecule has 72 valence electrons. The number of nitrogens with two attached hydrogens (primary N) is 1. The van der Waals surface area contributed by atoms with Crippen LogP contribution in [0.3, 0.4) is 0 Å². The van der Waals surface area contributed by atoms with E-state index in [1.165, 1.54) is 0 Å². The van der Waals surface area contributed by atoms with E-state index in [9.17, 15) is 4.79 Å². The molecule has 0 aromatic heterocycles. The Morgan fingerprint density at radius 1 is 1.54 bits per heavy atom. The highest BCUT2D eigenvalue weighted by atomic mass is 16.1. The molecule has 3 N–H and O–H groups in total. The molecule has 0 saturated heterocycles. The molecule has 1 amide bonds. The van der Waals surface area contributed by atoms with Crippen LogP contribution in [0.1, 0.15) is 25.7 Å². The molecule has 1 fully saturated rings. The van der Waals surface area contributed by atoms with Crippen LogP contribution in [-0.4, -0.2) is 18.5 Å². The Labute approximate surface area is 78.1 Å².